The van der Waals surface area contributed by atoms with Crippen LogP contribution in [0.4, 0.5) is 17.6 Å². The van der Waals surface area contributed by atoms with Gasteiger partial charge in [0.2, 0.25) is 5.82 Å². The highest BCUT2D eigenvalue weighted by Crippen LogP contribution is 2.37. The van der Waals surface area contributed by atoms with Crippen molar-refractivity contribution in [3.63, 3.8) is 0 Å². The molecule has 3 aromatic rings. The van der Waals surface area contributed by atoms with Crippen LogP contribution in [0.25, 0.3) is 27.8 Å². The summed E-state index contributed by atoms with van der Waals surface area (Å²) in [5.41, 5.74) is 2.23. The van der Waals surface area contributed by atoms with E-state index in [1.807, 2.05) is 0 Å². The van der Waals surface area contributed by atoms with E-state index in [1.54, 1.807) is 36.4 Å². The second kappa shape index (κ2) is 12.9. The van der Waals surface area contributed by atoms with Gasteiger partial charge >= 0.3 is 0 Å². The number of benzene rings is 3. The summed E-state index contributed by atoms with van der Waals surface area (Å²) in [5, 5.41) is 0. The highest BCUT2D eigenvalue weighted by Gasteiger charge is 2.21. The standard InChI is InChI=1S/C33H34F4O/c1-3-5-6-7-8-22-9-11-23(12-10-22)26-17-18-27(31(35)30(26)34)24-13-15-25(16-14-24)28-19-20-29(38-21-4-2)33(37)32(28)36/h4,11,13-20,22H,2-3,5-10,12,21H2,1H3. The van der Waals surface area contributed by atoms with E-state index < -0.39 is 23.3 Å². The van der Waals surface area contributed by atoms with Crippen molar-refractivity contribution in [2.75, 3.05) is 6.61 Å². The van der Waals surface area contributed by atoms with Crippen LogP contribution in [0.3, 0.4) is 0 Å². The molecule has 4 rings (SSSR count). The summed E-state index contributed by atoms with van der Waals surface area (Å²) in [6, 6.07) is 12.3. The highest BCUT2D eigenvalue weighted by molar-refractivity contribution is 5.74. The third kappa shape index (κ3) is 6.20. The first-order chi connectivity index (χ1) is 18.4. The molecule has 0 fully saturated rings. The van der Waals surface area contributed by atoms with Gasteiger partial charge < -0.3 is 4.74 Å². The van der Waals surface area contributed by atoms with E-state index in [9.17, 15) is 8.78 Å². The molecule has 0 amide bonds. The topological polar surface area (TPSA) is 9.23 Å². The largest absolute Gasteiger partial charge is 0.486 e. The maximum absolute atomic E-state index is 15.2. The first-order valence-corrected chi connectivity index (χ1v) is 13.4. The summed E-state index contributed by atoms with van der Waals surface area (Å²) < 4.78 is 64.5. The maximum atomic E-state index is 15.2. The molecule has 0 aliphatic heterocycles. The lowest BCUT2D eigenvalue weighted by atomic mass is 9.83. The third-order valence-corrected chi connectivity index (χ3v) is 7.32. The van der Waals surface area contributed by atoms with E-state index >= 15 is 8.78 Å². The van der Waals surface area contributed by atoms with Crippen LogP contribution < -0.4 is 4.74 Å². The van der Waals surface area contributed by atoms with Crippen LogP contribution in [0.5, 0.6) is 5.75 Å². The van der Waals surface area contributed by atoms with Gasteiger partial charge in [-0.25, -0.2) is 13.2 Å². The summed E-state index contributed by atoms with van der Waals surface area (Å²) >= 11 is 0. The van der Waals surface area contributed by atoms with Crippen LogP contribution in [0.1, 0.15) is 63.9 Å². The molecule has 200 valence electrons. The van der Waals surface area contributed by atoms with E-state index in [2.05, 4.69) is 19.6 Å². The van der Waals surface area contributed by atoms with Crippen LogP contribution in [0.15, 0.2) is 67.3 Å². The predicted octanol–water partition coefficient (Wildman–Crippen LogP) is 10.3. The molecule has 0 N–H and O–H groups in total. The Bertz CT molecular complexity index is 1290. The summed E-state index contributed by atoms with van der Waals surface area (Å²) in [5.74, 6) is -3.45. The molecule has 0 heterocycles. The molecule has 0 saturated carbocycles. The van der Waals surface area contributed by atoms with Gasteiger partial charge in [-0.2, -0.15) is 4.39 Å². The van der Waals surface area contributed by atoms with Crippen LogP contribution in [0.2, 0.25) is 0 Å². The average molecular weight is 523 g/mol. The molecule has 1 aliphatic rings. The Labute approximate surface area is 222 Å². The van der Waals surface area contributed by atoms with Crippen molar-refractivity contribution >= 4 is 5.57 Å². The SMILES string of the molecule is C=CCOc1ccc(-c2ccc(-c3ccc(C4=CCC(CCCCCC)CC4)c(F)c3F)cc2)c(F)c1F. The van der Waals surface area contributed by atoms with Crippen LogP contribution in [-0.2, 0) is 0 Å². The smallest absolute Gasteiger partial charge is 0.201 e. The highest BCUT2D eigenvalue weighted by atomic mass is 19.2. The normalized spacial score (nSPS) is 15.3. The predicted molar refractivity (Wildman–Crippen MR) is 147 cm³/mol. The molecule has 1 atom stereocenters. The fourth-order valence-electron chi connectivity index (χ4n) is 5.12. The lowest BCUT2D eigenvalue weighted by molar-refractivity contribution is 0.333. The van der Waals surface area contributed by atoms with Gasteiger partial charge in [0.25, 0.3) is 0 Å². The quantitative estimate of drug-likeness (QED) is 0.138. The third-order valence-electron chi connectivity index (χ3n) is 7.32. The van der Waals surface area contributed by atoms with Crippen molar-refractivity contribution in [3.8, 4) is 28.0 Å². The molecule has 3 aromatic carbocycles. The number of unbranched alkanes of at least 4 members (excludes halogenated alkanes) is 3. The number of ether oxygens (including phenoxy) is 1. The van der Waals surface area contributed by atoms with Gasteiger partial charge in [-0.3, -0.25) is 0 Å². The van der Waals surface area contributed by atoms with Crippen molar-refractivity contribution in [2.24, 2.45) is 5.92 Å². The number of halogens is 4. The summed E-state index contributed by atoms with van der Waals surface area (Å²) in [6.07, 6.45) is 12.3. The molecular formula is C33H34F4O. The zero-order valence-electron chi connectivity index (χ0n) is 21.8. The molecule has 1 unspecified atom stereocenters. The minimum atomic E-state index is -1.09. The summed E-state index contributed by atoms with van der Waals surface area (Å²) in [6.45, 7) is 5.75. The lowest BCUT2D eigenvalue weighted by Crippen LogP contribution is -2.07. The number of hydrogen-bond acceptors (Lipinski definition) is 1. The van der Waals surface area contributed by atoms with Crippen molar-refractivity contribution in [1.82, 2.24) is 0 Å². The molecule has 0 spiro atoms. The van der Waals surface area contributed by atoms with Crippen LogP contribution in [-0.4, -0.2) is 6.61 Å². The maximum Gasteiger partial charge on any atom is 0.201 e. The Morgan fingerprint density at radius 3 is 2.00 bits per heavy atom. The number of rotatable bonds is 11. The van der Waals surface area contributed by atoms with E-state index in [0.29, 0.717) is 22.6 Å². The van der Waals surface area contributed by atoms with Crippen LogP contribution >= 0.6 is 0 Å². The van der Waals surface area contributed by atoms with E-state index in [1.165, 1.54) is 50.3 Å². The Morgan fingerprint density at radius 1 is 0.789 bits per heavy atom. The summed E-state index contributed by atoms with van der Waals surface area (Å²) in [4.78, 5) is 0. The van der Waals surface area contributed by atoms with Gasteiger partial charge in [-0.15, -0.1) is 0 Å². The van der Waals surface area contributed by atoms with Crippen molar-refractivity contribution < 1.29 is 22.3 Å². The number of allylic oxidation sites excluding steroid dienone is 2. The van der Waals surface area contributed by atoms with E-state index in [0.717, 1.165) is 24.8 Å². The van der Waals surface area contributed by atoms with Crippen molar-refractivity contribution in [3.05, 3.63) is 96.1 Å². The Hall–Kier alpha value is -3.34. The first kappa shape index (κ1) is 27.7. The Morgan fingerprint density at radius 2 is 1.39 bits per heavy atom. The van der Waals surface area contributed by atoms with Gasteiger partial charge in [0, 0.05) is 16.7 Å². The molecule has 0 aromatic heterocycles. The molecule has 0 radical (unpaired) electrons. The fourth-order valence-corrected chi connectivity index (χ4v) is 5.12. The molecular weight excluding hydrogens is 488 g/mol. The minimum Gasteiger partial charge on any atom is -0.486 e. The van der Waals surface area contributed by atoms with Crippen LogP contribution in [0, 0.1) is 29.2 Å². The molecule has 5 heteroatoms. The monoisotopic (exact) mass is 522 g/mol. The van der Waals surface area contributed by atoms with Crippen molar-refractivity contribution in [1.29, 1.82) is 0 Å². The fraction of sp³-hybridized carbons (Fsp3) is 0.333. The number of hydrogen-bond donors (Lipinski definition) is 0. The van der Waals surface area contributed by atoms with Gasteiger partial charge in [-0.1, -0.05) is 94.2 Å². The second-order valence-electron chi connectivity index (χ2n) is 9.92. The second-order valence-corrected chi connectivity index (χ2v) is 9.92. The van der Waals surface area contributed by atoms with Gasteiger partial charge in [0.1, 0.15) is 6.61 Å². The Kier molecular flexibility index (Phi) is 9.43. The van der Waals surface area contributed by atoms with Gasteiger partial charge in [-0.05, 0) is 54.0 Å². The van der Waals surface area contributed by atoms with E-state index in [4.69, 9.17) is 4.74 Å². The van der Waals surface area contributed by atoms with Gasteiger partial charge in [0.15, 0.2) is 23.2 Å². The molecule has 1 aliphatic carbocycles. The minimum absolute atomic E-state index is 0.0508. The average Bonchev–Trinajstić information content (AvgIpc) is 2.94. The summed E-state index contributed by atoms with van der Waals surface area (Å²) in [7, 11) is 0. The van der Waals surface area contributed by atoms with E-state index in [-0.39, 0.29) is 23.5 Å². The molecule has 38 heavy (non-hydrogen) atoms. The molecule has 0 saturated heterocycles. The zero-order valence-corrected chi connectivity index (χ0v) is 21.8. The molecule has 0 bridgehead atoms. The first-order valence-electron chi connectivity index (χ1n) is 13.4. The van der Waals surface area contributed by atoms with Gasteiger partial charge in [0.05, 0.1) is 0 Å². The Balaban J connectivity index is 1.49. The zero-order chi connectivity index (χ0) is 27.1. The lowest BCUT2D eigenvalue weighted by Gasteiger charge is -2.22. The molecule has 1 nitrogen and oxygen atoms in total. The van der Waals surface area contributed by atoms with Crippen molar-refractivity contribution in [2.45, 2.75) is 58.3 Å².